The second-order valence-corrected chi connectivity index (χ2v) is 6.64. The molecule has 2 heterocycles. The van der Waals surface area contributed by atoms with Crippen LogP contribution < -0.4 is 11.1 Å². The molecule has 1 unspecified atom stereocenters. The summed E-state index contributed by atoms with van der Waals surface area (Å²) in [6.07, 6.45) is 2.53. The van der Waals surface area contributed by atoms with E-state index in [0.29, 0.717) is 12.0 Å². The van der Waals surface area contributed by atoms with Crippen LogP contribution in [0.4, 0.5) is 10.8 Å². The van der Waals surface area contributed by atoms with Gasteiger partial charge in [0.15, 0.2) is 0 Å². The molecule has 1 aliphatic carbocycles. The van der Waals surface area contributed by atoms with Crippen molar-refractivity contribution in [1.82, 2.24) is 14.2 Å². The monoisotopic (exact) mass is 281 g/mol. The van der Waals surface area contributed by atoms with Gasteiger partial charge < -0.3 is 16.0 Å². The predicted molar refractivity (Wildman–Crippen MR) is 80.9 cm³/mol. The molecule has 1 aromatic heterocycles. The van der Waals surface area contributed by atoms with Crippen LogP contribution in [-0.2, 0) is 0 Å². The SMILES string of the molecule is CN1CCN(C)C(CNc2snc(N)c2C2CC2)C1. The Labute approximate surface area is 118 Å². The summed E-state index contributed by atoms with van der Waals surface area (Å²) in [6.45, 7) is 4.40. The van der Waals surface area contributed by atoms with Crippen molar-refractivity contribution in [3.8, 4) is 0 Å². The zero-order valence-corrected chi connectivity index (χ0v) is 12.5. The molecular weight excluding hydrogens is 258 g/mol. The molecule has 0 radical (unpaired) electrons. The molecule has 5 nitrogen and oxygen atoms in total. The first-order valence-electron chi connectivity index (χ1n) is 7.03. The lowest BCUT2D eigenvalue weighted by atomic mass is 10.1. The second kappa shape index (κ2) is 5.26. The van der Waals surface area contributed by atoms with Gasteiger partial charge >= 0.3 is 0 Å². The maximum absolute atomic E-state index is 5.98. The lowest BCUT2D eigenvalue weighted by Crippen LogP contribution is -2.52. The number of nitrogen functional groups attached to an aromatic ring is 1. The van der Waals surface area contributed by atoms with E-state index in [1.807, 2.05) is 0 Å². The van der Waals surface area contributed by atoms with Gasteiger partial charge in [-0.05, 0) is 44.4 Å². The van der Waals surface area contributed by atoms with Gasteiger partial charge in [0, 0.05) is 37.8 Å². The number of nitrogens with zero attached hydrogens (tertiary/aromatic N) is 3. The van der Waals surface area contributed by atoms with E-state index < -0.39 is 0 Å². The third kappa shape index (κ3) is 2.85. The Balaban J connectivity index is 1.62. The minimum absolute atomic E-state index is 0.564. The fourth-order valence-corrected chi connectivity index (χ4v) is 3.54. The quantitative estimate of drug-likeness (QED) is 0.870. The van der Waals surface area contributed by atoms with Gasteiger partial charge in [-0.2, -0.15) is 4.37 Å². The zero-order chi connectivity index (χ0) is 13.4. The summed E-state index contributed by atoms with van der Waals surface area (Å²) in [4.78, 5) is 4.84. The van der Waals surface area contributed by atoms with Crippen LogP contribution in [0.2, 0.25) is 0 Å². The van der Waals surface area contributed by atoms with E-state index in [1.165, 1.54) is 34.9 Å². The molecule has 2 aliphatic rings. The summed E-state index contributed by atoms with van der Waals surface area (Å²) in [7, 11) is 4.41. The normalized spacial score (nSPS) is 25.7. The molecular formula is C13H23N5S. The van der Waals surface area contributed by atoms with Crippen molar-refractivity contribution in [3.63, 3.8) is 0 Å². The fraction of sp³-hybridized carbons (Fsp3) is 0.769. The first kappa shape index (κ1) is 13.1. The second-order valence-electron chi connectivity index (χ2n) is 5.86. The number of anilines is 2. The molecule has 106 valence electrons. The minimum Gasteiger partial charge on any atom is -0.383 e. The number of hydrogen-bond acceptors (Lipinski definition) is 6. The van der Waals surface area contributed by atoms with Crippen LogP contribution in [0.25, 0.3) is 0 Å². The molecule has 1 atom stereocenters. The third-order valence-electron chi connectivity index (χ3n) is 4.22. The van der Waals surface area contributed by atoms with E-state index in [-0.39, 0.29) is 0 Å². The summed E-state index contributed by atoms with van der Waals surface area (Å²) in [5, 5.41) is 4.78. The Hall–Kier alpha value is -0.850. The first-order valence-corrected chi connectivity index (χ1v) is 7.80. The van der Waals surface area contributed by atoms with E-state index in [4.69, 9.17) is 5.73 Å². The summed E-state index contributed by atoms with van der Waals surface area (Å²) >= 11 is 1.52. The van der Waals surface area contributed by atoms with Crippen LogP contribution in [0.1, 0.15) is 24.3 Å². The molecule has 1 saturated carbocycles. The van der Waals surface area contributed by atoms with Crippen LogP contribution in [0.3, 0.4) is 0 Å². The van der Waals surface area contributed by atoms with Gasteiger partial charge in [-0.3, -0.25) is 4.90 Å². The van der Waals surface area contributed by atoms with Gasteiger partial charge in [0.25, 0.3) is 0 Å². The van der Waals surface area contributed by atoms with Gasteiger partial charge in [-0.25, -0.2) is 0 Å². The number of aromatic nitrogens is 1. The highest BCUT2D eigenvalue weighted by atomic mass is 32.1. The van der Waals surface area contributed by atoms with Gasteiger partial charge in [-0.1, -0.05) is 0 Å². The molecule has 0 spiro atoms. The van der Waals surface area contributed by atoms with Crippen LogP contribution >= 0.6 is 11.5 Å². The lowest BCUT2D eigenvalue weighted by molar-refractivity contribution is 0.122. The number of rotatable bonds is 4. The number of nitrogens with two attached hydrogens (primary N) is 1. The molecule has 3 rings (SSSR count). The number of likely N-dealkylation sites (N-methyl/N-ethyl adjacent to an activating group) is 2. The Bertz CT molecular complexity index is 442. The van der Waals surface area contributed by atoms with Crippen molar-refractivity contribution in [2.24, 2.45) is 0 Å². The average molecular weight is 281 g/mol. The standard InChI is InChI=1S/C13H23N5S/c1-17-5-6-18(2)10(8-17)7-15-13-11(9-3-4-9)12(14)16-19-13/h9-10,15H,3-8H2,1-2H3,(H2,14,16). The summed E-state index contributed by atoms with van der Waals surface area (Å²) in [6, 6.07) is 0.564. The van der Waals surface area contributed by atoms with Gasteiger partial charge in [0.05, 0.1) is 0 Å². The fourth-order valence-electron chi connectivity index (χ4n) is 2.74. The molecule has 6 heteroatoms. The number of nitrogens with one attached hydrogen (secondary N) is 1. The van der Waals surface area contributed by atoms with Crippen LogP contribution in [0, 0.1) is 0 Å². The maximum atomic E-state index is 5.98. The van der Waals surface area contributed by atoms with Crippen molar-refractivity contribution >= 4 is 22.4 Å². The average Bonchev–Trinajstić information content (AvgIpc) is 3.15. The smallest absolute Gasteiger partial charge is 0.142 e. The molecule has 0 amide bonds. The van der Waals surface area contributed by atoms with Crippen LogP contribution in [-0.4, -0.2) is 60.5 Å². The Kier molecular flexibility index (Phi) is 3.64. The van der Waals surface area contributed by atoms with E-state index in [9.17, 15) is 0 Å². The summed E-state index contributed by atoms with van der Waals surface area (Å²) in [5.74, 6) is 1.40. The number of hydrogen-bond donors (Lipinski definition) is 2. The molecule has 0 aromatic carbocycles. The molecule has 0 bridgehead atoms. The lowest BCUT2D eigenvalue weighted by Gasteiger charge is -2.37. The third-order valence-corrected chi connectivity index (χ3v) is 5.05. The van der Waals surface area contributed by atoms with Gasteiger partial charge in [-0.15, -0.1) is 0 Å². The molecule has 1 aromatic rings. The van der Waals surface area contributed by atoms with E-state index in [2.05, 4.69) is 33.6 Å². The van der Waals surface area contributed by atoms with Crippen LogP contribution in [0.15, 0.2) is 0 Å². The molecule has 1 aliphatic heterocycles. The Morgan fingerprint density at radius 2 is 2.16 bits per heavy atom. The highest BCUT2D eigenvalue weighted by molar-refractivity contribution is 7.10. The number of piperazine rings is 1. The van der Waals surface area contributed by atoms with E-state index in [0.717, 1.165) is 32.0 Å². The minimum atomic E-state index is 0.564. The Morgan fingerprint density at radius 1 is 1.37 bits per heavy atom. The van der Waals surface area contributed by atoms with Gasteiger partial charge in [0.2, 0.25) is 0 Å². The maximum Gasteiger partial charge on any atom is 0.142 e. The van der Waals surface area contributed by atoms with Crippen molar-refractivity contribution in [2.45, 2.75) is 24.8 Å². The summed E-state index contributed by atoms with van der Waals surface area (Å²) in [5.41, 5.74) is 7.26. The molecule has 19 heavy (non-hydrogen) atoms. The highest BCUT2D eigenvalue weighted by Crippen LogP contribution is 2.47. The van der Waals surface area contributed by atoms with E-state index in [1.54, 1.807) is 0 Å². The first-order chi connectivity index (χ1) is 9.15. The van der Waals surface area contributed by atoms with E-state index >= 15 is 0 Å². The highest BCUT2D eigenvalue weighted by Gasteiger charge is 2.31. The summed E-state index contributed by atoms with van der Waals surface area (Å²) < 4.78 is 4.31. The predicted octanol–water partition coefficient (Wildman–Crippen LogP) is 1.26. The molecule has 3 N–H and O–H groups in total. The van der Waals surface area contributed by atoms with Crippen molar-refractivity contribution in [2.75, 3.05) is 51.3 Å². The van der Waals surface area contributed by atoms with Crippen molar-refractivity contribution < 1.29 is 0 Å². The topological polar surface area (TPSA) is 57.4 Å². The Morgan fingerprint density at radius 3 is 2.89 bits per heavy atom. The van der Waals surface area contributed by atoms with Crippen molar-refractivity contribution in [1.29, 1.82) is 0 Å². The molecule has 2 fully saturated rings. The van der Waals surface area contributed by atoms with Gasteiger partial charge in [0.1, 0.15) is 10.8 Å². The van der Waals surface area contributed by atoms with Crippen LogP contribution in [0.5, 0.6) is 0 Å². The largest absolute Gasteiger partial charge is 0.383 e. The van der Waals surface area contributed by atoms with Crippen molar-refractivity contribution in [3.05, 3.63) is 5.56 Å². The zero-order valence-electron chi connectivity index (χ0n) is 11.7. The molecule has 1 saturated heterocycles.